The van der Waals surface area contributed by atoms with Gasteiger partial charge in [-0.1, -0.05) is 12.2 Å². The average molecular weight is 324 g/mol. The zero-order valence-electron chi connectivity index (χ0n) is 13.2. The van der Waals surface area contributed by atoms with E-state index in [0.717, 1.165) is 24.1 Å². The van der Waals surface area contributed by atoms with Crippen molar-refractivity contribution in [2.45, 2.75) is 37.2 Å². The summed E-state index contributed by atoms with van der Waals surface area (Å²) in [5.74, 6) is 0. The molecule has 6 heteroatoms. The molecule has 1 aromatic rings. The van der Waals surface area contributed by atoms with Gasteiger partial charge >= 0.3 is 0 Å². The predicted octanol–water partition coefficient (Wildman–Crippen LogP) is 2.21. The molecule has 2 rings (SSSR count). The summed E-state index contributed by atoms with van der Waals surface area (Å²) in [5.41, 5.74) is 1.08. The molecule has 122 valence electrons. The fraction of sp³-hybridized carbons (Fsp3) is 0.500. The van der Waals surface area contributed by atoms with Crippen LogP contribution in [0.4, 0.5) is 5.69 Å². The van der Waals surface area contributed by atoms with Gasteiger partial charge in [0.15, 0.2) is 0 Å². The number of aliphatic hydroxyl groups is 1. The molecule has 0 amide bonds. The number of nitrogens with zero attached hydrogens (tertiary/aromatic N) is 1. The first-order valence-electron chi connectivity index (χ1n) is 7.42. The largest absolute Gasteiger partial charge is 0.389 e. The van der Waals surface area contributed by atoms with E-state index in [1.54, 1.807) is 38.1 Å². The third kappa shape index (κ3) is 4.32. The molecule has 0 bridgehead atoms. The van der Waals surface area contributed by atoms with Crippen molar-refractivity contribution in [1.29, 1.82) is 0 Å². The van der Waals surface area contributed by atoms with E-state index < -0.39 is 15.6 Å². The van der Waals surface area contributed by atoms with Gasteiger partial charge in [-0.2, -0.15) is 4.31 Å². The van der Waals surface area contributed by atoms with E-state index in [1.807, 2.05) is 0 Å². The van der Waals surface area contributed by atoms with Crippen LogP contribution >= 0.6 is 0 Å². The first-order chi connectivity index (χ1) is 10.2. The van der Waals surface area contributed by atoms with E-state index in [0.29, 0.717) is 24.5 Å². The number of rotatable bonds is 5. The van der Waals surface area contributed by atoms with Crippen LogP contribution in [0.5, 0.6) is 0 Å². The van der Waals surface area contributed by atoms with Gasteiger partial charge in [0, 0.05) is 25.3 Å². The van der Waals surface area contributed by atoms with Crippen molar-refractivity contribution in [3.05, 3.63) is 36.4 Å². The van der Waals surface area contributed by atoms with E-state index in [9.17, 15) is 13.5 Å². The molecule has 0 radical (unpaired) electrons. The number of anilines is 1. The Morgan fingerprint density at radius 2 is 1.77 bits per heavy atom. The standard InChI is InChI=1S/C16H24N2O3S/c1-13-8-10-18(11-9-13)22(20,21)15-6-4-14(5-7-15)17-12-16(2,3)19/h4-7,17,19H,1,8-12H2,2-3H3. The SMILES string of the molecule is C=C1CCN(S(=O)(=O)c2ccc(NCC(C)(C)O)cc2)CC1. The maximum Gasteiger partial charge on any atom is 0.243 e. The lowest BCUT2D eigenvalue weighted by Gasteiger charge is -2.27. The zero-order chi connectivity index (χ0) is 16.4. The van der Waals surface area contributed by atoms with Crippen LogP contribution < -0.4 is 5.32 Å². The molecule has 2 N–H and O–H groups in total. The van der Waals surface area contributed by atoms with Crippen molar-refractivity contribution in [2.24, 2.45) is 0 Å². The lowest BCUT2D eigenvalue weighted by molar-refractivity contribution is 0.0945. The lowest BCUT2D eigenvalue weighted by atomic mass is 10.1. The second-order valence-corrected chi connectivity index (χ2v) is 8.28. The third-order valence-corrected chi connectivity index (χ3v) is 5.56. The molecule has 1 heterocycles. The Morgan fingerprint density at radius 1 is 1.23 bits per heavy atom. The van der Waals surface area contributed by atoms with Gasteiger partial charge in [0.25, 0.3) is 0 Å². The maximum atomic E-state index is 12.6. The summed E-state index contributed by atoms with van der Waals surface area (Å²) in [6.07, 6.45) is 1.45. The monoisotopic (exact) mass is 324 g/mol. The molecular weight excluding hydrogens is 300 g/mol. The fourth-order valence-corrected chi connectivity index (χ4v) is 3.70. The topological polar surface area (TPSA) is 69.6 Å². The number of benzene rings is 1. The highest BCUT2D eigenvalue weighted by Gasteiger charge is 2.26. The second kappa shape index (κ2) is 6.40. The first kappa shape index (κ1) is 17.0. The van der Waals surface area contributed by atoms with Crippen LogP contribution in [0.3, 0.4) is 0 Å². The van der Waals surface area contributed by atoms with Crippen LogP contribution in [0.2, 0.25) is 0 Å². The number of hydrogen-bond donors (Lipinski definition) is 2. The minimum absolute atomic E-state index is 0.300. The highest BCUT2D eigenvalue weighted by Crippen LogP contribution is 2.23. The Morgan fingerprint density at radius 3 is 2.27 bits per heavy atom. The Labute approximate surface area is 132 Å². The summed E-state index contributed by atoms with van der Waals surface area (Å²) in [6, 6.07) is 6.65. The summed E-state index contributed by atoms with van der Waals surface area (Å²) >= 11 is 0. The van der Waals surface area contributed by atoms with Crippen LogP contribution in [-0.4, -0.2) is 43.1 Å². The summed E-state index contributed by atoms with van der Waals surface area (Å²) in [5, 5.41) is 12.8. The summed E-state index contributed by atoms with van der Waals surface area (Å²) in [4.78, 5) is 0.300. The number of piperidine rings is 1. The molecule has 0 saturated carbocycles. The van der Waals surface area contributed by atoms with Crippen LogP contribution in [0, 0.1) is 0 Å². The van der Waals surface area contributed by atoms with Crippen LogP contribution in [0.25, 0.3) is 0 Å². The molecule has 0 unspecified atom stereocenters. The van der Waals surface area contributed by atoms with Crippen molar-refractivity contribution in [3.8, 4) is 0 Å². The number of sulfonamides is 1. The van der Waals surface area contributed by atoms with Crippen molar-refractivity contribution < 1.29 is 13.5 Å². The summed E-state index contributed by atoms with van der Waals surface area (Å²) < 4.78 is 26.6. The van der Waals surface area contributed by atoms with E-state index >= 15 is 0 Å². The molecule has 22 heavy (non-hydrogen) atoms. The second-order valence-electron chi connectivity index (χ2n) is 6.34. The summed E-state index contributed by atoms with van der Waals surface area (Å²) in [6.45, 7) is 8.72. The predicted molar refractivity (Wildman–Crippen MR) is 88.4 cm³/mol. The van der Waals surface area contributed by atoms with E-state index in [4.69, 9.17) is 0 Å². The van der Waals surface area contributed by atoms with Gasteiger partial charge in [0.05, 0.1) is 10.5 Å². The Bertz CT molecular complexity index is 620. The van der Waals surface area contributed by atoms with Gasteiger partial charge < -0.3 is 10.4 Å². The van der Waals surface area contributed by atoms with Crippen LogP contribution in [0.1, 0.15) is 26.7 Å². The first-order valence-corrected chi connectivity index (χ1v) is 8.86. The van der Waals surface area contributed by atoms with Crippen molar-refractivity contribution in [3.63, 3.8) is 0 Å². The molecule has 0 aromatic heterocycles. The lowest BCUT2D eigenvalue weighted by Crippen LogP contribution is -2.36. The van der Waals surface area contributed by atoms with Crippen molar-refractivity contribution in [1.82, 2.24) is 4.31 Å². The fourth-order valence-electron chi connectivity index (χ4n) is 2.25. The highest BCUT2D eigenvalue weighted by atomic mass is 32.2. The molecule has 0 atom stereocenters. The highest BCUT2D eigenvalue weighted by molar-refractivity contribution is 7.89. The third-order valence-electron chi connectivity index (χ3n) is 3.65. The van der Waals surface area contributed by atoms with E-state index in [1.165, 1.54) is 4.31 Å². The molecule has 1 aromatic carbocycles. The van der Waals surface area contributed by atoms with Gasteiger partial charge in [-0.3, -0.25) is 0 Å². The number of nitrogens with one attached hydrogen (secondary N) is 1. The Kier molecular flexibility index (Phi) is 4.94. The van der Waals surface area contributed by atoms with Crippen molar-refractivity contribution in [2.75, 3.05) is 25.0 Å². The Hall–Kier alpha value is -1.37. The van der Waals surface area contributed by atoms with Gasteiger partial charge in [-0.15, -0.1) is 0 Å². The Balaban J connectivity index is 2.07. The zero-order valence-corrected chi connectivity index (χ0v) is 14.0. The maximum absolute atomic E-state index is 12.6. The average Bonchev–Trinajstić information content (AvgIpc) is 2.45. The van der Waals surface area contributed by atoms with Gasteiger partial charge in [-0.25, -0.2) is 8.42 Å². The van der Waals surface area contributed by atoms with Crippen molar-refractivity contribution >= 4 is 15.7 Å². The summed E-state index contributed by atoms with van der Waals surface area (Å²) in [7, 11) is -3.43. The van der Waals surface area contributed by atoms with Crippen LogP contribution in [-0.2, 0) is 10.0 Å². The molecule has 0 aliphatic carbocycles. The van der Waals surface area contributed by atoms with Crippen LogP contribution in [0.15, 0.2) is 41.3 Å². The smallest absolute Gasteiger partial charge is 0.243 e. The minimum atomic E-state index is -3.43. The van der Waals surface area contributed by atoms with E-state index in [-0.39, 0.29) is 0 Å². The normalized spacial score (nSPS) is 17.5. The molecule has 1 saturated heterocycles. The molecule has 0 spiro atoms. The molecule has 1 aliphatic rings. The van der Waals surface area contributed by atoms with Gasteiger partial charge in [-0.05, 0) is 51.0 Å². The van der Waals surface area contributed by atoms with Gasteiger partial charge in [0.1, 0.15) is 0 Å². The molecule has 5 nitrogen and oxygen atoms in total. The van der Waals surface area contributed by atoms with E-state index in [2.05, 4.69) is 11.9 Å². The minimum Gasteiger partial charge on any atom is -0.389 e. The van der Waals surface area contributed by atoms with Gasteiger partial charge in [0.2, 0.25) is 10.0 Å². The quantitative estimate of drug-likeness (QED) is 0.815. The molecular formula is C16H24N2O3S. The number of hydrogen-bond acceptors (Lipinski definition) is 4. The molecule has 1 aliphatic heterocycles. The molecule has 1 fully saturated rings.